The number of rotatable bonds is 0. The maximum absolute atomic E-state index is 4.32. The summed E-state index contributed by atoms with van der Waals surface area (Å²) in [7, 11) is 0. The summed E-state index contributed by atoms with van der Waals surface area (Å²) in [5, 5.41) is 0. The topological polar surface area (TPSA) is 0 Å². The third kappa shape index (κ3) is 1.96. The molecule has 0 amide bonds. The van der Waals surface area contributed by atoms with Crippen molar-refractivity contribution in [3.63, 3.8) is 0 Å². The minimum atomic E-state index is 0.647. The highest BCUT2D eigenvalue weighted by atomic mass is 32.2. The second-order valence-corrected chi connectivity index (χ2v) is 4.10. The Balaban J connectivity index is 2.12. The van der Waals surface area contributed by atoms with Crippen LogP contribution in [-0.2, 0) is 0 Å². The van der Waals surface area contributed by atoms with Crippen molar-refractivity contribution in [3.05, 3.63) is 0 Å². The van der Waals surface area contributed by atoms with Crippen molar-refractivity contribution in [2.75, 3.05) is 5.75 Å². The highest BCUT2D eigenvalue weighted by Crippen LogP contribution is 2.26. The van der Waals surface area contributed by atoms with Gasteiger partial charge in [0.05, 0.1) is 0 Å². The van der Waals surface area contributed by atoms with Crippen LogP contribution in [0.25, 0.3) is 0 Å². The van der Waals surface area contributed by atoms with E-state index in [9.17, 15) is 0 Å². The molecule has 1 atom stereocenters. The summed E-state index contributed by atoms with van der Waals surface area (Å²) in [5.74, 6) is 1.33. The van der Waals surface area contributed by atoms with Crippen molar-refractivity contribution >= 4 is 24.4 Å². The number of thiol groups is 1. The molecule has 1 heterocycles. The first-order valence-electron chi connectivity index (χ1n) is 2.69. The molecule has 0 aliphatic carbocycles. The fraction of sp³-hybridized carbons (Fsp3) is 1.00. The Labute approximate surface area is 54.5 Å². The van der Waals surface area contributed by atoms with Gasteiger partial charge in [-0.3, -0.25) is 0 Å². The Morgan fingerprint density at radius 2 is 2.29 bits per heavy atom. The second-order valence-electron chi connectivity index (χ2n) is 1.82. The molecule has 1 unspecified atom stereocenters. The lowest BCUT2D eigenvalue weighted by atomic mass is 10.3. The Morgan fingerprint density at radius 1 is 1.43 bits per heavy atom. The van der Waals surface area contributed by atoms with Crippen LogP contribution in [-0.4, -0.2) is 10.3 Å². The lowest BCUT2D eigenvalue weighted by Crippen LogP contribution is -2.00. The zero-order chi connectivity index (χ0) is 5.11. The molecule has 1 aliphatic heterocycles. The minimum Gasteiger partial charge on any atom is -0.165 e. The van der Waals surface area contributed by atoms with Gasteiger partial charge in [0.15, 0.2) is 0 Å². The van der Waals surface area contributed by atoms with Gasteiger partial charge in [-0.05, 0) is 18.6 Å². The van der Waals surface area contributed by atoms with Crippen LogP contribution in [0.5, 0.6) is 0 Å². The first-order valence-corrected chi connectivity index (χ1v) is 4.26. The first-order chi connectivity index (χ1) is 3.39. The lowest BCUT2D eigenvalue weighted by molar-refractivity contribution is 0.749. The Morgan fingerprint density at radius 3 is 2.57 bits per heavy atom. The van der Waals surface area contributed by atoms with E-state index in [1.165, 1.54) is 25.0 Å². The zero-order valence-corrected chi connectivity index (χ0v) is 5.97. The summed E-state index contributed by atoms with van der Waals surface area (Å²) in [6, 6.07) is 0. The van der Waals surface area contributed by atoms with Gasteiger partial charge in [-0.2, -0.15) is 12.6 Å². The number of hydrogen-bond donors (Lipinski definition) is 1. The summed E-state index contributed by atoms with van der Waals surface area (Å²) in [4.78, 5) is 0. The molecule has 1 saturated heterocycles. The fourth-order valence-corrected chi connectivity index (χ4v) is 2.20. The van der Waals surface area contributed by atoms with E-state index in [2.05, 4.69) is 12.6 Å². The number of thioether (sulfide) groups is 1. The molecule has 42 valence electrons. The van der Waals surface area contributed by atoms with Crippen LogP contribution >= 0.6 is 24.4 Å². The van der Waals surface area contributed by atoms with Crippen molar-refractivity contribution < 1.29 is 0 Å². The molecule has 1 rings (SSSR count). The van der Waals surface area contributed by atoms with Gasteiger partial charge in [-0.15, -0.1) is 11.8 Å². The van der Waals surface area contributed by atoms with E-state index in [0.717, 1.165) is 0 Å². The van der Waals surface area contributed by atoms with E-state index in [0.29, 0.717) is 4.58 Å². The van der Waals surface area contributed by atoms with Crippen LogP contribution < -0.4 is 0 Å². The third-order valence-corrected chi connectivity index (χ3v) is 3.01. The molecule has 0 saturated carbocycles. The fourth-order valence-electron chi connectivity index (χ4n) is 0.724. The Bertz CT molecular complexity index is 48.0. The predicted octanol–water partition coefficient (Wildman–Crippen LogP) is 2.16. The molecule has 1 aliphatic rings. The van der Waals surface area contributed by atoms with Gasteiger partial charge >= 0.3 is 0 Å². The van der Waals surface area contributed by atoms with Crippen LogP contribution in [0.15, 0.2) is 0 Å². The van der Waals surface area contributed by atoms with E-state index in [4.69, 9.17) is 0 Å². The van der Waals surface area contributed by atoms with Gasteiger partial charge in [0.2, 0.25) is 0 Å². The van der Waals surface area contributed by atoms with Gasteiger partial charge in [-0.1, -0.05) is 6.42 Å². The zero-order valence-electron chi connectivity index (χ0n) is 4.26. The summed E-state index contributed by atoms with van der Waals surface area (Å²) in [5.41, 5.74) is 0. The van der Waals surface area contributed by atoms with Gasteiger partial charge in [0, 0.05) is 4.58 Å². The van der Waals surface area contributed by atoms with Crippen LogP contribution in [0, 0.1) is 0 Å². The van der Waals surface area contributed by atoms with E-state index in [1.54, 1.807) is 0 Å². The Hall–Kier alpha value is 0.700. The minimum absolute atomic E-state index is 0.647. The molecule has 0 spiro atoms. The smallest absolute Gasteiger partial charge is 0.0472 e. The molecule has 0 bridgehead atoms. The van der Waals surface area contributed by atoms with Crippen LogP contribution in [0.3, 0.4) is 0 Å². The van der Waals surface area contributed by atoms with Gasteiger partial charge in [0.1, 0.15) is 0 Å². The first kappa shape index (κ1) is 5.83. The molecular formula is C5H10S2. The van der Waals surface area contributed by atoms with E-state index in [-0.39, 0.29) is 0 Å². The molecule has 0 N–H and O–H groups in total. The summed E-state index contributed by atoms with van der Waals surface area (Å²) >= 11 is 6.31. The van der Waals surface area contributed by atoms with Crippen molar-refractivity contribution in [2.45, 2.75) is 23.8 Å². The second kappa shape index (κ2) is 2.88. The molecule has 0 aromatic rings. The highest BCUT2D eigenvalue weighted by molar-refractivity contribution is 8.10. The quantitative estimate of drug-likeness (QED) is 0.495. The van der Waals surface area contributed by atoms with E-state index < -0.39 is 0 Å². The Kier molecular flexibility index (Phi) is 2.40. The molecule has 7 heavy (non-hydrogen) atoms. The maximum atomic E-state index is 4.32. The molecule has 2 heteroatoms. The van der Waals surface area contributed by atoms with E-state index in [1.807, 2.05) is 11.8 Å². The summed E-state index contributed by atoms with van der Waals surface area (Å²) in [6.45, 7) is 0. The predicted molar refractivity (Wildman–Crippen MR) is 39.1 cm³/mol. The van der Waals surface area contributed by atoms with Crippen molar-refractivity contribution in [2.24, 2.45) is 0 Å². The molecular weight excluding hydrogens is 124 g/mol. The average Bonchev–Trinajstić information content (AvgIpc) is 1.69. The normalized spacial score (nSPS) is 33.0. The monoisotopic (exact) mass is 134 g/mol. The van der Waals surface area contributed by atoms with Crippen LogP contribution in [0.4, 0.5) is 0 Å². The molecule has 0 aromatic carbocycles. The summed E-state index contributed by atoms with van der Waals surface area (Å²) < 4.78 is 0.647. The van der Waals surface area contributed by atoms with Gasteiger partial charge < -0.3 is 0 Å². The van der Waals surface area contributed by atoms with Gasteiger partial charge in [0.25, 0.3) is 0 Å². The van der Waals surface area contributed by atoms with Crippen molar-refractivity contribution in [1.82, 2.24) is 0 Å². The molecule has 0 aromatic heterocycles. The molecule has 0 nitrogen and oxygen atoms in total. The van der Waals surface area contributed by atoms with Gasteiger partial charge in [-0.25, -0.2) is 0 Å². The highest BCUT2D eigenvalue weighted by Gasteiger charge is 2.07. The SMILES string of the molecule is SC1CCCCS1. The molecule has 0 radical (unpaired) electrons. The lowest BCUT2D eigenvalue weighted by Gasteiger charge is -2.14. The summed E-state index contributed by atoms with van der Waals surface area (Å²) in [6.07, 6.45) is 4.11. The van der Waals surface area contributed by atoms with Crippen molar-refractivity contribution in [3.8, 4) is 0 Å². The maximum Gasteiger partial charge on any atom is 0.0472 e. The largest absolute Gasteiger partial charge is 0.165 e. The van der Waals surface area contributed by atoms with Crippen LogP contribution in [0.2, 0.25) is 0 Å². The molecule has 1 fully saturated rings. The van der Waals surface area contributed by atoms with Crippen molar-refractivity contribution in [1.29, 1.82) is 0 Å². The van der Waals surface area contributed by atoms with E-state index >= 15 is 0 Å². The van der Waals surface area contributed by atoms with Crippen LogP contribution in [0.1, 0.15) is 19.3 Å². The average molecular weight is 134 g/mol. The standard InChI is InChI=1S/C5H10S2/c6-5-3-1-2-4-7-5/h5-6H,1-4H2. The number of hydrogen-bond acceptors (Lipinski definition) is 2. The third-order valence-electron chi connectivity index (χ3n) is 1.16.